The number of hydrogen-bond donors (Lipinski definition) is 1. The number of hydrogen-bond acceptors (Lipinski definition) is 3. The lowest BCUT2D eigenvalue weighted by atomic mass is 10.0. The van der Waals surface area contributed by atoms with Crippen LogP contribution < -0.4 is 5.73 Å². The van der Waals surface area contributed by atoms with Crippen LogP contribution in [0.25, 0.3) is 0 Å². The monoisotopic (exact) mass is 289 g/mol. The minimum atomic E-state index is -0.553. The Balaban J connectivity index is 2.14. The topological polar surface area (TPSA) is 49.6 Å². The van der Waals surface area contributed by atoms with E-state index in [1.54, 1.807) is 0 Å². The van der Waals surface area contributed by atoms with Crippen LogP contribution >= 0.6 is 0 Å². The molecule has 1 heterocycles. The van der Waals surface area contributed by atoms with Gasteiger partial charge in [-0.25, -0.2) is 0 Å². The summed E-state index contributed by atoms with van der Waals surface area (Å²) in [6.07, 6.45) is 1.98. The fourth-order valence-corrected chi connectivity index (χ4v) is 2.98. The molecule has 0 saturated carbocycles. The Morgan fingerprint density at radius 2 is 2.00 bits per heavy atom. The van der Waals surface area contributed by atoms with E-state index in [0.717, 1.165) is 38.0 Å². The highest BCUT2D eigenvalue weighted by atomic mass is 16.2. The third-order valence-corrected chi connectivity index (χ3v) is 4.36. The lowest BCUT2D eigenvalue weighted by Gasteiger charge is -2.32. The van der Waals surface area contributed by atoms with Crippen LogP contribution in [-0.2, 0) is 4.79 Å². The van der Waals surface area contributed by atoms with E-state index < -0.39 is 6.04 Å². The molecule has 116 valence electrons. The van der Waals surface area contributed by atoms with Gasteiger partial charge in [0.1, 0.15) is 6.04 Å². The SMILES string of the molecule is CCC1CN(C)CCCN1C(=O)C(N)c1ccc(C)cc1. The van der Waals surface area contributed by atoms with Crippen molar-refractivity contribution >= 4 is 5.91 Å². The standard InChI is InChI=1S/C17H27N3O/c1-4-15-12-19(3)10-5-11-20(15)17(21)16(18)14-8-6-13(2)7-9-14/h6-9,15-16H,4-5,10-12,18H2,1-3H3. The zero-order valence-electron chi connectivity index (χ0n) is 13.4. The number of benzene rings is 1. The highest BCUT2D eigenvalue weighted by Crippen LogP contribution is 2.19. The first-order chi connectivity index (χ1) is 10.0. The molecule has 2 rings (SSSR count). The van der Waals surface area contributed by atoms with Crippen LogP contribution in [-0.4, -0.2) is 48.4 Å². The van der Waals surface area contributed by atoms with Gasteiger partial charge >= 0.3 is 0 Å². The normalized spacial score (nSPS) is 21.9. The van der Waals surface area contributed by atoms with Crippen molar-refractivity contribution in [3.8, 4) is 0 Å². The van der Waals surface area contributed by atoms with Gasteiger partial charge in [-0.15, -0.1) is 0 Å². The first-order valence-electron chi connectivity index (χ1n) is 7.84. The molecule has 1 aromatic rings. The summed E-state index contributed by atoms with van der Waals surface area (Å²) in [5.74, 6) is 0.0565. The summed E-state index contributed by atoms with van der Waals surface area (Å²) >= 11 is 0. The third-order valence-electron chi connectivity index (χ3n) is 4.36. The Hall–Kier alpha value is -1.39. The maximum absolute atomic E-state index is 12.8. The van der Waals surface area contributed by atoms with E-state index in [4.69, 9.17) is 5.73 Å². The summed E-state index contributed by atoms with van der Waals surface area (Å²) in [6.45, 7) is 6.96. The highest BCUT2D eigenvalue weighted by molar-refractivity contribution is 5.83. The Labute approximate surface area is 127 Å². The number of carbonyl (C=O) groups excluding carboxylic acids is 1. The fraction of sp³-hybridized carbons (Fsp3) is 0.588. The molecule has 1 fully saturated rings. The fourth-order valence-electron chi connectivity index (χ4n) is 2.98. The van der Waals surface area contributed by atoms with E-state index in [9.17, 15) is 4.79 Å². The number of carbonyl (C=O) groups is 1. The Morgan fingerprint density at radius 3 is 2.62 bits per heavy atom. The molecular formula is C17H27N3O. The van der Waals surface area contributed by atoms with Crippen molar-refractivity contribution in [3.63, 3.8) is 0 Å². The van der Waals surface area contributed by atoms with Crippen molar-refractivity contribution < 1.29 is 4.79 Å². The quantitative estimate of drug-likeness (QED) is 0.925. The minimum absolute atomic E-state index is 0.0565. The largest absolute Gasteiger partial charge is 0.337 e. The van der Waals surface area contributed by atoms with Crippen LogP contribution in [0, 0.1) is 6.92 Å². The Kier molecular flexibility index (Phi) is 5.37. The molecule has 0 aromatic heterocycles. The van der Waals surface area contributed by atoms with Gasteiger partial charge in [-0.1, -0.05) is 36.8 Å². The third kappa shape index (κ3) is 3.83. The van der Waals surface area contributed by atoms with E-state index in [0.29, 0.717) is 0 Å². The lowest BCUT2D eigenvalue weighted by molar-refractivity contribution is -0.135. The summed E-state index contributed by atoms with van der Waals surface area (Å²) in [6, 6.07) is 7.65. The van der Waals surface area contributed by atoms with Crippen LogP contribution in [0.4, 0.5) is 0 Å². The summed E-state index contributed by atoms with van der Waals surface area (Å²) in [7, 11) is 2.12. The number of nitrogens with two attached hydrogens (primary N) is 1. The maximum Gasteiger partial charge on any atom is 0.244 e. The molecule has 2 N–H and O–H groups in total. The van der Waals surface area contributed by atoms with Gasteiger partial charge in [-0.05, 0) is 38.9 Å². The minimum Gasteiger partial charge on any atom is -0.337 e. The first kappa shape index (κ1) is 16.0. The number of rotatable bonds is 3. The zero-order chi connectivity index (χ0) is 15.4. The molecule has 1 aliphatic heterocycles. The van der Waals surface area contributed by atoms with Crippen LogP contribution in [0.5, 0.6) is 0 Å². The summed E-state index contributed by atoms with van der Waals surface area (Å²) in [5.41, 5.74) is 8.30. The van der Waals surface area contributed by atoms with E-state index in [1.165, 1.54) is 5.56 Å². The molecule has 21 heavy (non-hydrogen) atoms. The average Bonchev–Trinajstić information content (AvgIpc) is 2.67. The van der Waals surface area contributed by atoms with E-state index >= 15 is 0 Å². The molecule has 1 saturated heterocycles. The molecule has 1 aromatic carbocycles. The molecule has 0 bridgehead atoms. The molecule has 0 aliphatic carbocycles. The van der Waals surface area contributed by atoms with Gasteiger partial charge < -0.3 is 15.5 Å². The number of likely N-dealkylation sites (N-methyl/N-ethyl adjacent to an activating group) is 1. The van der Waals surface area contributed by atoms with Crippen LogP contribution in [0.1, 0.15) is 36.9 Å². The predicted molar refractivity (Wildman–Crippen MR) is 86.0 cm³/mol. The van der Waals surface area contributed by atoms with E-state index in [1.807, 2.05) is 36.1 Å². The molecule has 4 heteroatoms. The second-order valence-corrected chi connectivity index (χ2v) is 6.10. The predicted octanol–water partition coefficient (Wildman–Crippen LogP) is 1.94. The lowest BCUT2D eigenvalue weighted by Crippen LogP contribution is -2.47. The zero-order valence-corrected chi connectivity index (χ0v) is 13.4. The molecule has 4 nitrogen and oxygen atoms in total. The first-order valence-corrected chi connectivity index (χ1v) is 7.84. The summed E-state index contributed by atoms with van der Waals surface area (Å²) in [5, 5.41) is 0. The summed E-state index contributed by atoms with van der Waals surface area (Å²) < 4.78 is 0. The molecule has 1 amide bonds. The van der Waals surface area contributed by atoms with Crippen molar-refractivity contribution in [2.75, 3.05) is 26.7 Å². The molecule has 2 atom stereocenters. The van der Waals surface area contributed by atoms with Gasteiger partial charge in [0, 0.05) is 19.1 Å². The van der Waals surface area contributed by atoms with Crippen molar-refractivity contribution in [3.05, 3.63) is 35.4 Å². The molecule has 1 aliphatic rings. The van der Waals surface area contributed by atoms with Gasteiger partial charge in [0.05, 0.1) is 0 Å². The number of nitrogens with zero attached hydrogens (tertiary/aromatic N) is 2. The van der Waals surface area contributed by atoms with Crippen molar-refractivity contribution in [1.82, 2.24) is 9.80 Å². The van der Waals surface area contributed by atoms with Crippen molar-refractivity contribution in [2.45, 2.75) is 38.8 Å². The highest BCUT2D eigenvalue weighted by Gasteiger charge is 2.29. The van der Waals surface area contributed by atoms with Gasteiger partial charge in [0.25, 0.3) is 0 Å². The Bertz CT molecular complexity index is 471. The molecule has 0 spiro atoms. The van der Waals surface area contributed by atoms with Gasteiger partial charge in [0.15, 0.2) is 0 Å². The number of amides is 1. The second kappa shape index (κ2) is 7.05. The molecular weight excluding hydrogens is 262 g/mol. The van der Waals surface area contributed by atoms with Crippen LogP contribution in [0.3, 0.4) is 0 Å². The smallest absolute Gasteiger partial charge is 0.244 e. The Morgan fingerprint density at radius 1 is 1.33 bits per heavy atom. The average molecular weight is 289 g/mol. The van der Waals surface area contributed by atoms with Crippen LogP contribution in [0.15, 0.2) is 24.3 Å². The van der Waals surface area contributed by atoms with Gasteiger partial charge in [-0.3, -0.25) is 4.79 Å². The van der Waals surface area contributed by atoms with Crippen molar-refractivity contribution in [1.29, 1.82) is 0 Å². The van der Waals surface area contributed by atoms with Crippen molar-refractivity contribution in [2.24, 2.45) is 5.73 Å². The van der Waals surface area contributed by atoms with E-state index in [-0.39, 0.29) is 11.9 Å². The van der Waals surface area contributed by atoms with E-state index in [2.05, 4.69) is 18.9 Å². The van der Waals surface area contributed by atoms with Gasteiger partial charge in [-0.2, -0.15) is 0 Å². The molecule has 2 unspecified atom stereocenters. The van der Waals surface area contributed by atoms with Crippen LogP contribution in [0.2, 0.25) is 0 Å². The second-order valence-electron chi connectivity index (χ2n) is 6.10. The molecule has 0 radical (unpaired) electrons. The summed E-state index contributed by atoms with van der Waals surface area (Å²) in [4.78, 5) is 17.1. The number of aryl methyl sites for hydroxylation is 1. The van der Waals surface area contributed by atoms with Gasteiger partial charge in [0.2, 0.25) is 5.91 Å². The maximum atomic E-state index is 12.8.